The predicted octanol–water partition coefficient (Wildman–Crippen LogP) is 2.48. The summed E-state index contributed by atoms with van der Waals surface area (Å²) in [6.45, 7) is 5.20. The number of nitrogens with one attached hydrogen (secondary N) is 1. The molecule has 3 aliphatic heterocycles. The molecule has 140 valence electrons. The van der Waals surface area contributed by atoms with E-state index in [1.165, 1.54) is 0 Å². The van der Waals surface area contributed by atoms with Gasteiger partial charge in [0.2, 0.25) is 11.8 Å². The number of hydrogen-bond acceptors (Lipinski definition) is 5. The van der Waals surface area contributed by atoms with Gasteiger partial charge in [-0.3, -0.25) is 9.59 Å². The van der Waals surface area contributed by atoms with Crippen LogP contribution in [0, 0.1) is 0 Å². The van der Waals surface area contributed by atoms with E-state index in [-0.39, 0.29) is 28.8 Å². The van der Waals surface area contributed by atoms with E-state index in [0.29, 0.717) is 25.4 Å². The zero-order chi connectivity index (χ0) is 18.3. The maximum Gasteiger partial charge on any atom is 0.244 e. The standard InChI is InChI=1S/C19H24N2O4S/c1-3-13(12-4-5-15-16(10-12)25-9-8-24-15)20-18(23)14-11-26-19(2)7-6-17(22)21(14)19/h4-5,10,13-14H,3,6-9,11H2,1-2H3,(H,20,23). The molecule has 3 unspecified atom stereocenters. The molecular weight excluding hydrogens is 352 g/mol. The highest BCUT2D eigenvalue weighted by Crippen LogP contribution is 2.47. The van der Waals surface area contributed by atoms with Crippen LogP contribution < -0.4 is 14.8 Å². The summed E-state index contributed by atoms with van der Waals surface area (Å²) in [4.78, 5) is 26.8. The molecule has 3 atom stereocenters. The lowest BCUT2D eigenvalue weighted by atomic mass is 10.0. The number of benzene rings is 1. The molecular formula is C19H24N2O4S. The van der Waals surface area contributed by atoms with Gasteiger partial charge in [0.05, 0.1) is 10.9 Å². The fourth-order valence-electron chi connectivity index (χ4n) is 3.98. The number of thioether (sulfide) groups is 1. The molecule has 0 spiro atoms. The van der Waals surface area contributed by atoms with Gasteiger partial charge in [0.15, 0.2) is 11.5 Å². The molecule has 4 rings (SSSR count). The van der Waals surface area contributed by atoms with E-state index in [2.05, 4.69) is 12.2 Å². The molecule has 0 aromatic heterocycles. The predicted molar refractivity (Wildman–Crippen MR) is 99.3 cm³/mol. The summed E-state index contributed by atoms with van der Waals surface area (Å²) in [5.41, 5.74) is 0.992. The SMILES string of the molecule is CCC(NC(=O)C1CSC2(C)CCC(=O)N12)c1ccc2c(c1)OCCO2. The average molecular weight is 376 g/mol. The molecule has 0 radical (unpaired) electrons. The van der Waals surface area contributed by atoms with Crippen molar-refractivity contribution < 1.29 is 19.1 Å². The van der Waals surface area contributed by atoms with E-state index < -0.39 is 0 Å². The monoisotopic (exact) mass is 376 g/mol. The highest BCUT2D eigenvalue weighted by atomic mass is 32.2. The van der Waals surface area contributed by atoms with Gasteiger partial charge >= 0.3 is 0 Å². The van der Waals surface area contributed by atoms with Gasteiger partial charge in [0, 0.05) is 12.2 Å². The van der Waals surface area contributed by atoms with Crippen LogP contribution in [0.1, 0.15) is 44.7 Å². The molecule has 2 amide bonds. The Hall–Kier alpha value is -1.89. The first-order chi connectivity index (χ1) is 12.5. The first-order valence-corrected chi connectivity index (χ1v) is 10.2. The Morgan fingerprint density at radius 2 is 2.15 bits per heavy atom. The highest BCUT2D eigenvalue weighted by molar-refractivity contribution is 8.01. The summed E-state index contributed by atoms with van der Waals surface area (Å²) in [5.74, 6) is 2.14. The van der Waals surface area contributed by atoms with E-state index in [9.17, 15) is 9.59 Å². The maximum absolute atomic E-state index is 12.9. The number of fused-ring (bicyclic) bond motifs is 2. The van der Waals surface area contributed by atoms with Crippen molar-refractivity contribution in [3.8, 4) is 11.5 Å². The molecule has 1 N–H and O–H groups in total. The molecule has 0 saturated carbocycles. The summed E-state index contributed by atoms with van der Waals surface area (Å²) in [5, 5.41) is 3.14. The van der Waals surface area contributed by atoms with Crippen molar-refractivity contribution in [2.45, 2.75) is 50.1 Å². The fourth-order valence-corrected chi connectivity index (χ4v) is 5.41. The third-order valence-corrected chi connectivity index (χ3v) is 6.95. The lowest BCUT2D eigenvalue weighted by Crippen LogP contribution is -2.50. The summed E-state index contributed by atoms with van der Waals surface area (Å²) >= 11 is 1.71. The van der Waals surface area contributed by atoms with Crippen LogP contribution in [0.2, 0.25) is 0 Å². The van der Waals surface area contributed by atoms with Crippen molar-refractivity contribution in [1.29, 1.82) is 0 Å². The van der Waals surface area contributed by atoms with Gasteiger partial charge in [-0.25, -0.2) is 0 Å². The van der Waals surface area contributed by atoms with Gasteiger partial charge < -0.3 is 19.7 Å². The molecule has 1 aromatic rings. The first-order valence-electron chi connectivity index (χ1n) is 9.18. The zero-order valence-corrected chi connectivity index (χ0v) is 15.9. The van der Waals surface area contributed by atoms with Gasteiger partial charge in [-0.2, -0.15) is 0 Å². The zero-order valence-electron chi connectivity index (χ0n) is 15.1. The van der Waals surface area contributed by atoms with Crippen LogP contribution in [0.5, 0.6) is 11.5 Å². The minimum absolute atomic E-state index is 0.0711. The fraction of sp³-hybridized carbons (Fsp3) is 0.579. The van der Waals surface area contributed by atoms with Gasteiger partial charge in [-0.15, -0.1) is 11.8 Å². The minimum atomic E-state index is -0.383. The Morgan fingerprint density at radius 1 is 1.38 bits per heavy atom. The van der Waals surface area contributed by atoms with Gasteiger partial charge in [-0.05, 0) is 37.5 Å². The minimum Gasteiger partial charge on any atom is -0.486 e. The Kier molecular flexibility index (Phi) is 4.50. The first kappa shape index (κ1) is 17.5. The Bertz CT molecular complexity index is 740. The lowest BCUT2D eigenvalue weighted by Gasteiger charge is -2.31. The Morgan fingerprint density at radius 3 is 2.92 bits per heavy atom. The molecule has 2 saturated heterocycles. The van der Waals surface area contributed by atoms with E-state index in [1.807, 2.05) is 25.1 Å². The molecule has 0 aliphatic carbocycles. The van der Waals surface area contributed by atoms with Crippen LogP contribution in [-0.2, 0) is 9.59 Å². The number of amides is 2. The summed E-state index contributed by atoms with van der Waals surface area (Å²) in [6.07, 6.45) is 2.11. The van der Waals surface area contributed by atoms with Gasteiger partial charge in [0.1, 0.15) is 19.3 Å². The van der Waals surface area contributed by atoms with Crippen molar-refractivity contribution in [2.75, 3.05) is 19.0 Å². The molecule has 26 heavy (non-hydrogen) atoms. The molecule has 1 aromatic carbocycles. The van der Waals surface area contributed by atoms with Crippen LogP contribution in [-0.4, -0.2) is 46.6 Å². The summed E-state index contributed by atoms with van der Waals surface area (Å²) < 4.78 is 11.2. The van der Waals surface area contributed by atoms with Crippen LogP contribution in [0.4, 0.5) is 0 Å². The highest BCUT2D eigenvalue weighted by Gasteiger charge is 2.53. The second-order valence-electron chi connectivity index (χ2n) is 7.14. The maximum atomic E-state index is 12.9. The number of carbonyl (C=O) groups excluding carboxylic acids is 2. The smallest absolute Gasteiger partial charge is 0.244 e. The number of hydrogen-bond donors (Lipinski definition) is 1. The third kappa shape index (κ3) is 2.92. The number of nitrogens with zero attached hydrogens (tertiary/aromatic N) is 1. The van der Waals surface area contributed by atoms with Crippen molar-refractivity contribution in [3.05, 3.63) is 23.8 Å². The molecule has 7 heteroatoms. The molecule has 2 fully saturated rings. The molecule has 3 aliphatic rings. The van der Waals surface area contributed by atoms with E-state index in [0.717, 1.165) is 29.9 Å². The number of carbonyl (C=O) groups is 2. The topological polar surface area (TPSA) is 67.9 Å². The van der Waals surface area contributed by atoms with Crippen LogP contribution in [0.25, 0.3) is 0 Å². The van der Waals surface area contributed by atoms with Crippen molar-refractivity contribution in [2.24, 2.45) is 0 Å². The molecule has 6 nitrogen and oxygen atoms in total. The second-order valence-corrected chi connectivity index (χ2v) is 8.64. The molecule has 3 heterocycles. The Labute approximate surface area is 157 Å². The van der Waals surface area contributed by atoms with Crippen LogP contribution in [0.3, 0.4) is 0 Å². The quantitative estimate of drug-likeness (QED) is 0.874. The summed E-state index contributed by atoms with van der Waals surface area (Å²) in [6, 6.07) is 5.30. The van der Waals surface area contributed by atoms with E-state index in [4.69, 9.17) is 9.47 Å². The second kappa shape index (κ2) is 6.68. The van der Waals surface area contributed by atoms with E-state index >= 15 is 0 Å². The van der Waals surface area contributed by atoms with Crippen LogP contribution in [0.15, 0.2) is 18.2 Å². The average Bonchev–Trinajstić information content (AvgIpc) is 3.15. The lowest BCUT2D eigenvalue weighted by molar-refractivity contribution is -0.138. The largest absolute Gasteiger partial charge is 0.486 e. The normalized spacial score (nSPS) is 28.0. The van der Waals surface area contributed by atoms with Crippen molar-refractivity contribution >= 4 is 23.6 Å². The number of ether oxygens (including phenoxy) is 2. The number of rotatable bonds is 4. The summed E-state index contributed by atoms with van der Waals surface area (Å²) in [7, 11) is 0. The van der Waals surface area contributed by atoms with Crippen molar-refractivity contribution in [1.82, 2.24) is 10.2 Å². The van der Waals surface area contributed by atoms with Crippen LogP contribution >= 0.6 is 11.8 Å². The van der Waals surface area contributed by atoms with Crippen molar-refractivity contribution in [3.63, 3.8) is 0 Å². The Balaban J connectivity index is 1.50. The third-order valence-electron chi connectivity index (χ3n) is 5.44. The van der Waals surface area contributed by atoms with E-state index in [1.54, 1.807) is 16.7 Å². The van der Waals surface area contributed by atoms with Gasteiger partial charge in [-0.1, -0.05) is 13.0 Å². The molecule has 0 bridgehead atoms. The van der Waals surface area contributed by atoms with Gasteiger partial charge in [0.25, 0.3) is 0 Å².